The third kappa shape index (κ3) is 5.29. The van der Waals surface area contributed by atoms with E-state index in [1.165, 1.54) is 76.3 Å². The highest BCUT2D eigenvalue weighted by molar-refractivity contribution is 7.19. The van der Waals surface area contributed by atoms with Gasteiger partial charge in [-0.25, -0.2) is 0 Å². The van der Waals surface area contributed by atoms with E-state index in [1.54, 1.807) is 0 Å². The highest BCUT2D eigenvalue weighted by Crippen LogP contribution is 2.49. The SMILES string of the molecule is c1ccc(Cn2c(-c3ccccc3)c(-c3ccc(-c4c(-c5ccccc5)n(Cc5ccccc5)c5ccccc45)s3)c3ccccc32)cc1. The van der Waals surface area contributed by atoms with Crippen molar-refractivity contribution in [1.82, 2.24) is 9.13 Å². The topological polar surface area (TPSA) is 9.86 Å². The molecule has 3 aromatic heterocycles. The number of para-hydroxylation sites is 2. The molecule has 0 spiro atoms. The fourth-order valence-electron chi connectivity index (χ4n) is 7.37. The van der Waals surface area contributed by atoms with Crippen LogP contribution in [0.25, 0.3) is 65.2 Å². The van der Waals surface area contributed by atoms with Crippen LogP contribution in [0.2, 0.25) is 0 Å². The van der Waals surface area contributed by atoms with Crippen LogP contribution in [-0.4, -0.2) is 9.13 Å². The molecule has 0 saturated carbocycles. The van der Waals surface area contributed by atoms with Crippen LogP contribution in [0.4, 0.5) is 0 Å². The van der Waals surface area contributed by atoms with Crippen molar-refractivity contribution in [2.45, 2.75) is 13.1 Å². The first-order valence-corrected chi connectivity index (χ1v) is 17.7. The lowest BCUT2D eigenvalue weighted by Crippen LogP contribution is -2.02. The second-order valence-corrected chi connectivity index (χ2v) is 13.6. The third-order valence-electron chi connectivity index (χ3n) is 9.50. The molecule has 0 radical (unpaired) electrons. The van der Waals surface area contributed by atoms with Crippen molar-refractivity contribution in [3.05, 3.63) is 193 Å². The summed E-state index contributed by atoms with van der Waals surface area (Å²) < 4.78 is 5.02. The molecular weight excluding hydrogens is 613 g/mol. The molecular formula is C46H34N2S. The van der Waals surface area contributed by atoms with Gasteiger partial charge >= 0.3 is 0 Å². The van der Waals surface area contributed by atoms with Crippen LogP contribution in [0.5, 0.6) is 0 Å². The average Bonchev–Trinajstić information content (AvgIpc) is 3.86. The van der Waals surface area contributed by atoms with Gasteiger partial charge < -0.3 is 9.13 Å². The maximum Gasteiger partial charge on any atom is 0.0582 e. The van der Waals surface area contributed by atoms with Crippen LogP contribution in [0.15, 0.2) is 182 Å². The summed E-state index contributed by atoms with van der Waals surface area (Å²) in [6.45, 7) is 1.60. The van der Waals surface area contributed by atoms with Gasteiger partial charge in [-0.2, -0.15) is 0 Å². The zero-order chi connectivity index (χ0) is 32.6. The van der Waals surface area contributed by atoms with E-state index < -0.39 is 0 Å². The molecule has 6 aromatic carbocycles. The zero-order valence-electron chi connectivity index (χ0n) is 27.0. The van der Waals surface area contributed by atoms with Gasteiger partial charge in [-0.1, -0.05) is 158 Å². The number of hydrogen-bond donors (Lipinski definition) is 0. The Hall–Kier alpha value is -5.90. The number of benzene rings is 6. The van der Waals surface area contributed by atoms with Crippen LogP contribution in [0.1, 0.15) is 11.1 Å². The molecule has 0 aliphatic heterocycles. The Balaban J connectivity index is 1.28. The maximum absolute atomic E-state index is 2.51. The summed E-state index contributed by atoms with van der Waals surface area (Å²) in [5.74, 6) is 0. The number of nitrogens with zero attached hydrogens (tertiary/aromatic N) is 2. The normalized spacial score (nSPS) is 11.4. The molecule has 0 unspecified atom stereocenters. The summed E-state index contributed by atoms with van der Waals surface area (Å²) in [7, 11) is 0. The molecule has 0 saturated heterocycles. The Morgan fingerprint density at radius 3 is 1.10 bits per heavy atom. The molecule has 0 fully saturated rings. The fourth-order valence-corrected chi connectivity index (χ4v) is 8.49. The molecule has 0 aliphatic rings. The summed E-state index contributed by atoms with van der Waals surface area (Å²) in [5, 5.41) is 2.56. The minimum absolute atomic E-state index is 0.801. The lowest BCUT2D eigenvalue weighted by Gasteiger charge is -2.13. The van der Waals surface area contributed by atoms with Gasteiger partial charge in [-0.15, -0.1) is 11.3 Å². The van der Waals surface area contributed by atoms with E-state index in [9.17, 15) is 0 Å². The largest absolute Gasteiger partial charge is 0.335 e. The molecule has 9 aromatic rings. The summed E-state index contributed by atoms with van der Waals surface area (Å²) in [6.07, 6.45) is 0. The molecule has 0 bridgehead atoms. The highest BCUT2D eigenvalue weighted by atomic mass is 32.1. The second-order valence-electron chi connectivity index (χ2n) is 12.5. The molecule has 234 valence electrons. The third-order valence-corrected chi connectivity index (χ3v) is 10.6. The van der Waals surface area contributed by atoms with Gasteiger partial charge in [-0.3, -0.25) is 0 Å². The Labute approximate surface area is 290 Å². The Bertz CT molecular complexity index is 2340. The van der Waals surface area contributed by atoms with Crippen LogP contribution >= 0.6 is 11.3 Å². The fraction of sp³-hybridized carbons (Fsp3) is 0.0435. The van der Waals surface area contributed by atoms with Gasteiger partial charge in [0.2, 0.25) is 0 Å². The molecule has 0 amide bonds. The standard InChI is InChI=1S/C46H34N2S/c1-5-17-33(18-6-1)31-47-39-27-15-13-25-37(39)43(45(47)35-21-9-3-10-22-35)41-29-30-42(49-41)44-38-26-14-16-28-40(38)48(32-34-19-7-2-8-20-34)46(44)36-23-11-4-12-24-36/h1-30H,31-32H2. The minimum Gasteiger partial charge on any atom is -0.335 e. The quantitative estimate of drug-likeness (QED) is 0.155. The number of aromatic nitrogens is 2. The van der Waals surface area contributed by atoms with E-state index in [0.29, 0.717) is 0 Å². The summed E-state index contributed by atoms with van der Waals surface area (Å²) in [5.41, 5.74) is 12.6. The number of hydrogen-bond acceptors (Lipinski definition) is 1. The molecule has 9 rings (SSSR count). The molecule has 49 heavy (non-hydrogen) atoms. The van der Waals surface area contributed by atoms with E-state index in [4.69, 9.17) is 0 Å². The summed E-state index contributed by atoms with van der Waals surface area (Å²) in [6, 6.07) is 65.9. The molecule has 2 nitrogen and oxygen atoms in total. The lowest BCUT2D eigenvalue weighted by molar-refractivity contribution is 0.845. The highest BCUT2D eigenvalue weighted by Gasteiger charge is 2.25. The minimum atomic E-state index is 0.801. The Kier molecular flexibility index (Phi) is 7.53. The van der Waals surface area contributed by atoms with Crippen LogP contribution in [0, 0.1) is 0 Å². The smallest absolute Gasteiger partial charge is 0.0582 e. The van der Waals surface area contributed by atoms with Crippen molar-refractivity contribution < 1.29 is 0 Å². The molecule has 0 aliphatic carbocycles. The van der Waals surface area contributed by atoms with Crippen LogP contribution < -0.4 is 0 Å². The predicted molar refractivity (Wildman–Crippen MR) is 208 cm³/mol. The van der Waals surface area contributed by atoms with Crippen molar-refractivity contribution in [2.24, 2.45) is 0 Å². The average molecular weight is 647 g/mol. The van der Waals surface area contributed by atoms with Crippen molar-refractivity contribution in [3.63, 3.8) is 0 Å². The van der Waals surface area contributed by atoms with Crippen LogP contribution in [-0.2, 0) is 13.1 Å². The van der Waals surface area contributed by atoms with Crippen LogP contribution in [0.3, 0.4) is 0 Å². The van der Waals surface area contributed by atoms with Gasteiger partial charge in [0.15, 0.2) is 0 Å². The Morgan fingerprint density at radius 1 is 0.347 bits per heavy atom. The number of fused-ring (bicyclic) bond motifs is 2. The second kappa shape index (κ2) is 12.6. The monoisotopic (exact) mass is 646 g/mol. The molecule has 3 heterocycles. The van der Waals surface area contributed by atoms with Gasteiger partial charge in [0.1, 0.15) is 0 Å². The van der Waals surface area contributed by atoms with E-state index >= 15 is 0 Å². The first kappa shape index (κ1) is 29.3. The van der Waals surface area contributed by atoms with Crippen molar-refractivity contribution >= 4 is 33.1 Å². The predicted octanol–water partition coefficient (Wildman–Crippen LogP) is 12.4. The first-order chi connectivity index (χ1) is 24.3. The van der Waals surface area contributed by atoms with Gasteiger partial charge in [0, 0.05) is 55.8 Å². The summed E-state index contributed by atoms with van der Waals surface area (Å²) in [4.78, 5) is 2.55. The van der Waals surface area contributed by atoms with Gasteiger partial charge in [0.25, 0.3) is 0 Å². The van der Waals surface area contributed by atoms with Crippen molar-refractivity contribution in [1.29, 1.82) is 0 Å². The summed E-state index contributed by atoms with van der Waals surface area (Å²) >= 11 is 1.90. The van der Waals surface area contributed by atoms with E-state index in [0.717, 1.165) is 13.1 Å². The van der Waals surface area contributed by atoms with Crippen molar-refractivity contribution in [2.75, 3.05) is 0 Å². The number of rotatable bonds is 8. The zero-order valence-corrected chi connectivity index (χ0v) is 27.9. The van der Waals surface area contributed by atoms with E-state index in [-0.39, 0.29) is 0 Å². The lowest BCUT2D eigenvalue weighted by atomic mass is 10.0. The Morgan fingerprint density at radius 2 is 0.694 bits per heavy atom. The molecule has 0 N–H and O–H groups in total. The first-order valence-electron chi connectivity index (χ1n) is 16.9. The molecule has 0 atom stereocenters. The molecule has 3 heteroatoms. The van der Waals surface area contributed by atoms with Crippen molar-refractivity contribution in [3.8, 4) is 43.4 Å². The van der Waals surface area contributed by atoms with E-state index in [1.807, 2.05) is 11.3 Å². The van der Waals surface area contributed by atoms with E-state index in [2.05, 4.69) is 191 Å². The van der Waals surface area contributed by atoms with Gasteiger partial charge in [-0.05, 0) is 46.5 Å². The number of thiophene rings is 1. The maximum atomic E-state index is 2.51. The van der Waals surface area contributed by atoms with Gasteiger partial charge in [0.05, 0.1) is 11.4 Å².